The van der Waals surface area contributed by atoms with Crippen molar-refractivity contribution in [2.45, 2.75) is 6.92 Å². The lowest BCUT2D eigenvalue weighted by molar-refractivity contribution is -0.136. The van der Waals surface area contributed by atoms with Gasteiger partial charge >= 0.3 is 5.97 Å². The van der Waals surface area contributed by atoms with E-state index in [1.165, 1.54) is 0 Å². The fraction of sp³-hybridized carbons (Fsp3) is 0.133. The van der Waals surface area contributed by atoms with Gasteiger partial charge in [0.05, 0.1) is 5.02 Å². The van der Waals surface area contributed by atoms with Crippen LogP contribution < -0.4 is 9.47 Å². The van der Waals surface area contributed by atoms with E-state index in [4.69, 9.17) is 32.7 Å². The minimum Gasteiger partial charge on any atom is -0.480 e. The minimum absolute atomic E-state index is 0.255. The van der Waals surface area contributed by atoms with E-state index in [1.54, 1.807) is 30.3 Å². The Labute approximate surface area is 140 Å². The Hall–Kier alpha value is -1.23. The number of aryl methyl sites for hydroxylation is 1. The molecule has 0 amide bonds. The van der Waals surface area contributed by atoms with Gasteiger partial charge in [-0.2, -0.15) is 0 Å². The van der Waals surface area contributed by atoms with Crippen molar-refractivity contribution < 1.29 is 14.3 Å². The molecule has 110 valence electrons. The molecule has 0 heterocycles. The maximum Gasteiger partial charge on any atom is 0.349 e. The molecule has 0 aromatic heterocycles. The lowest BCUT2D eigenvalue weighted by atomic mass is 10.2. The highest BCUT2D eigenvalue weighted by Gasteiger charge is 2.09. The summed E-state index contributed by atoms with van der Waals surface area (Å²) in [6.45, 7) is 1.65. The van der Waals surface area contributed by atoms with Gasteiger partial charge in [-0.05, 0) is 42.8 Å². The molecular formula is C15H11BrCl2O3. The summed E-state index contributed by atoms with van der Waals surface area (Å²) >= 11 is 15.2. The molecule has 0 atom stereocenters. The van der Waals surface area contributed by atoms with Gasteiger partial charge in [0.25, 0.3) is 0 Å². The molecule has 0 bridgehead atoms. The third-order valence-corrected chi connectivity index (χ3v) is 4.04. The molecule has 0 unspecified atom stereocenters. The molecule has 0 N–H and O–H groups in total. The molecule has 6 heteroatoms. The van der Waals surface area contributed by atoms with Gasteiger partial charge in [-0.1, -0.05) is 39.1 Å². The summed E-state index contributed by atoms with van der Waals surface area (Å²) in [6.07, 6.45) is 0. The van der Waals surface area contributed by atoms with Crippen LogP contribution in [0.4, 0.5) is 0 Å². The van der Waals surface area contributed by atoms with Gasteiger partial charge in [-0.25, -0.2) is 4.79 Å². The summed E-state index contributed by atoms with van der Waals surface area (Å²) in [4.78, 5) is 11.7. The molecule has 0 aliphatic carbocycles. The van der Waals surface area contributed by atoms with Crippen LogP contribution in [-0.4, -0.2) is 12.6 Å². The van der Waals surface area contributed by atoms with Gasteiger partial charge < -0.3 is 9.47 Å². The Balaban J connectivity index is 1.95. The van der Waals surface area contributed by atoms with E-state index in [1.807, 2.05) is 13.0 Å². The highest BCUT2D eigenvalue weighted by atomic mass is 79.9. The van der Waals surface area contributed by atoms with Crippen molar-refractivity contribution in [3.05, 3.63) is 56.5 Å². The number of esters is 1. The first-order chi connectivity index (χ1) is 9.95. The molecule has 0 fully saturated rings. The summed E-state index contributed by atoms with van der Waals surface area (Å²) in [5, 5.41) is 0.859. The molecule has 0 saturated carbocycles. The zero-order chi connectivity index (χ0) is 15.4. The van der Waals surface area contributed by atoms with Crippen LogP contribution in [0.3, 0.4) is 0 Å². The molecule has 0 saturated heterocycles. The van der Waals surface area contributed by atoms with Crippen molar-refractivity contribution in [2.75, 3.05) is 6.61 Å². The van der Waals surface area contributed by atoms with E-state index in [2.05, 4.69) is 15.9 Å². The summed E-state index contributed by atoms with van der Waals surface area (Å²) < 4.78 is 11.4. The van der Waals surface area contributed by atoms with Gasteiger partial charge in [-0.15, -0.1) is 0 Å². The van der Waals surface area contributed by atoms with E-state index in [-0.39, 0.29) is 6.61 Å². The second-order valence-corrected chi connectivity index (χ2v) is 5.95. The number of ether oxygens (including phenoxy) is 2. The zero-order valence-corrected chi connectivity index (χ0v) is 14.1. The Bertz CT molecular complexity index is 674. The Morgan fingerprint density at radius 2 is 1.95 bits per heavy atom. The average molecular weight is 390 g/mol. The quantitative estimate of drug-likeness (QED) is 0.542. The third kappa shape index (κ3) is 4.63. The lowest BCUT2D eigenvalue weighted by Gasteiger charge is -2.09. The fourth-order valence-corrected chi connectivity index (χ4v) is 2.15. The van der Waals surface area contributed by atoms with Gasteiger partial charge in [-0.3, -0.25) is 0 Å². The van der Waals surface area contributed by atoms with E-state index >= 15 is 0 Å². The molecule has 2 rings (SSSR count). The monoisotopic (exact) mass is 388 g/mol. The molecule has 3 nitrogen and oxygen atoms in total. The van der Waals surface area contributed by atoms with Gasteiger partial charge in [0.15, 0.2) is 6.61 Å². The number of carbonyl (C=O) groups excluding carboxylic acids is 1. The number of halogens is 3. The maximum atomic E-state index is 11.7. The number of carbonyl (C=O) groups is 1. The van der Waals surface area contributed by atoms with Crippen molar-refractivity contribution in [3.8, 4) is 11.5 Å². The van der Waals surface area contributed by atoms with E-state index in [9.17, 15) is 4.79 Å². The predicted molar refractivity (Wildman–Crippen MR) is 86.5 cm³/mol. The first-order valence-corrected chi connectivity index (χ1v) is 7.55. The van der Waals surface area contributed by atoms with Crippen LogP contribution in [0.25, 0.3) is 0 Å². The normalized spacial score (nSPS) is 10.3. The number of hydrogen-bond donors (Lipinski definition) is 0. The van der Waals surface area contributed by atoms with Crippen LogP contribution in [0.5, 0.6) is 11.5 Å². The Morgan fingerprint density at radius 1 is 1.19 bits per heavy atom. The number of benzene rings is 2. The van der Waals surface area contributed by atoms with E-state index in [0.717, 1.165) is 10.0 Å². The predicted octanol–water partition coefficient (Wildman–Crippen LogP) is 5.05. The average Bonchev–Trinajstić information content (AvgIpc) is 2.44. The maximum absolute atomic E-state index is 11.7. The molecule has 0 aliphatic heterocycles. The minimum atomic E-state index is -0.521. The molecule has 0 aliphatic rings. The molecule has 0 spiro atoms. The summed E-state index contributed by atoms with van der Waals surface area (Å²) in [7, 11) is 0. The second-order valence-electron chi connectivity index (χ2n) is 4.25. The van der Waals surface area contributed by atoms with Crippen molar-refractivity contribution >= 4 is 45.1 Å². The standard InChI is InChI=1S/C15H11BrCl2O3/c1-9-6-11(3-4-12(9)16)21-15(19)8-20-14-7-10(17)2-5-13(14)18/h2-7H,8H2,1H3. The lowest BCUT2D eigenvalue weighted by Crippen LogP contribution is -2.17. The summed E-state index contributed by atoms with van der Waals surface area (Å²) in [6, 6.07) is 10.0. The van der Waals surface area contributed by atoms with Gasteiger partial charge in [0.1, 0.15) is 11.5 Å². The van der Waals surface area contributed by atoms with Crippen LogP contribution in [0.2, 0.25) is 10.0 Å². The highest BCUT2D eigenvalue weighted by molar-refractivity contribution is 9.10. The Morgan fingerprint density at radius 3 is 2.67 bits per heavy atom. The number of hydrogen-bond acceptors (Lipinski definition) is 3. The largest absolute Gasteiger partial charge is 0.480 e. The van der Waals surface area contributed by atoms with Crippen molar-refractivity contribution in [3.63, 3.8) is 0 Å². The fourth-order valence-electron chi connectivity index (χ4n) is 1.57. The smallest absolute Gasteiger partial charge is 0.349 e. The van der Waals surface area contributed by atoms with Crippen molar-refractivity contribution in [1.82, 2.24) is 0 Å². The highest BCUT2D eigenvalue weighted by Crippen LogP contribution is 2.27. The molecular weight excluding hydrogens is 379 g/mol. The van der Waals surface area contributed by atoms with Crippen LogP contribution in [-0.2, 0) is 4.79 Å². The molecule has 0 radical (unpaired) electrons. The molecule has 2 aromatic carbocycles. The first kappa shape index (κ1) is 16.1. The van der Waals surface area contributed by atoms with Crippen LogP contribution >= 0.6 is 39.1 Å². The van der Waals surface area contributed by atoms with Crippen LogP contribution in [0.1, 0.15) is 5.56 Å². The SMILES string of the molecule is Cc1cc(OC(=O)COc2cc(Cl)ccc2Cl)ccc1Br. The third-order valence-electron chi connectivity index (χ3n) is 2.60. The van der Waals surface area contributed by atoms with Crippen LogP contribution in [0.15, 0.2) is 40.9 Å². The van der Waals surface area contributed by atoms with Gasteiger partial charge in [0, 0.05) is 15.6 Å². The van der Waals surface area contributed by atoms with E-state index in [0.29, 0.717) is 21.5 Å². The van der Waals surface area contributed by atoms with Gasteiger partial charge in [0.2, 0.25) is 0 Å². The second kappa shape index (κ2) is 7.16. The molecule has 2 aromatic rings. The summed E-state index contributed by atoms with van der Waals surface area (Å²) in [5.41, 5.74) is 0.971. The summed E-state index contributed by atoms with van der Waals surface area (Å²) in [5.74, 6) is 0.280. The van der Waals surface area contributed by atoms with Crippen molar-refractivity contribution in [2.24, 2.45) is 0 Å². The van der Waals surface area contributed by atoms with E-state index < -0.39 is 5.97 Å². The molecule has 21 heavy (non-hydrogen) atoms. The Kier molecular flexibility index (Phi) is 5.51. The topological polar surface area (TPSA) is 35.5 Å². The zero-order valence-electron chi connectivity index (χ0n) is 11.0. The van der Waals surface area contributed by atoms with Crippen LogP contribution in [0, 0.1) is 6.92 Å². The first-order valence-electron chi connectivity index (χ1n) is 6.00. The van der Waals surface area contributed by atoms with Crippen molar-refractivity contribution in [1.29, 1.82) is 0 Å². The number of rotatable bonds is 4.